The number of carbonyl (C=O) groups is 1. The van der Waals surface area contributed by atoms with Crippen molar-refractivity contribution in [3.8, 4) is 17.2 Å². The number of benzene rings is 2. The topological polar surface area (TPSA) is 55.0 Å². The molecule has 0 spiro atoms. The predicted octanol–water partition coefficient (Wildman–Crippen LogP) is 5.16. The van der Waals surface area contributed by atoms with E-state index >= 15 is 0 Å². The minimum Gasteiger partial charge on any atom is -0.443 e. The number of carbonyl (C=O) groups excluding carboxylic acids is 1. The van der Waals surface area contributed by atoms with Gasteiger partial charge in [-0.05, 0) is 50.1 Å². The first kappa shape index (κ1) is 16.8. The number of nitriles is 1. The Labute approximate surface area is 147 Å². The lowest BCUT2D eigenvalue weighted by Gasteiger charge is -2.20. The third kappa shape index (κ3) is 3.56. The largest absolute Gasteiger partial charge is 0.443 e. The Morgan fingerprint density at radius 2 is 1.80 bits per heavy atom. The quantitative estimate of drug-likeness (QED) is 0.651. The van der Waals surface area contributed by atoms with Gasteiger partial charge in [0.15, 0.2) is 0 Å². The molecule has 3 rings (SSSR count). The molecule has 0 unspecified atom stereocenters. The van der Waals surface area contributed by atoms with Crippen LogP contribution in [0.25, 0.3) is 22.0 Å². The van der Waals surface area contributed by atoms with Crippen LogP contribution in [0.5, 0.6) is 0 Å². The molecule has 0 atom stereocenters. The Bertz CT molecular complexity index is 957. The monoisotopic (exact) mass is 332 g/mol. The summed E-state index contributed by atoms with van der Waals surface area (Å²) in [5.41, 5.74) is 2.96. The van der Waals surface area contributed by atoms with Gasteiger partial charge in [0.25, 0.3) is 0 Å². The van der Waals surface area contributed by atoms with Crippen molar-refractivity contribution < 1.29 is 9.53 Å². The van der Waals surface area contributed by atoms with Crippen LogP contribution in [-0.2, 0) is 11.2 Å². The summed E-state index contributed by atoms with van der Waals surface area (Å²) >= 11 is 0. The Hall–Kier alpha value is -3.06. The summed E-state index contributed by atoms with van der Waals surface area (Å²) in [4.78, 5) is 12.6. The summed E-state index contributed by atoms with van der Waals surface area (Å²) in [6.07, 6.45) is -0.311. The average Bonchev–Trinajstić information content (AvgIpc) is 2.91. The first-order valence-corrected chi connectivity index (χ1v) is 8.19. The van der Waals surface area contributed by atoms with Gasteiger partial charge in [0.1, 0.15) is 5.60 Å². The first-order chi connectivity index (χ1) is 11.9. The number of rotatable bonds is 2. The van der Waals surface area contributed by atoms with Crippen LogP contribution in [0.15, 0.2) is 54.6 Å². The van der Waals surface area contributed by atoms with Gasteiger partial charge in [-0.2, -0.15) is 5.26 Å². The van der Waals surface area contributed by atoms with Gasteiger partial charge >= 0.3 is 6.09 Å². The van der Waals surface area contributed by atoms with Crippen molar-refractivity contribution in [1.82, 2.24) is 4.57 Å². The highest BCUT2D eigenvalue weighted by molar-refractivity contribution is 5.93. The lowest BCUT2D eigenvalue weighted by Crippen LogP contribution is -2.27. The van der Waals surface area contributed by atoms with E-state index in [-0.39, 0.29) is 6.42 Å². The zero-order chi connectivity index (χ0) is 18.0. The molecule has 2 aromatic carbocycles. The van der Waals surface area contributed by atoms with E-state index in [9.17, 15) is 4.79 Å². The summed E-state index contributed by atoms with van der Waals surface area (Å²) in [6.45, 7) is 5.48. The molecular weight excluding hydrogens is 312 g/mol. The van der Waals surface area contributed by atoms with Gasteiger partial charge in [0, 0.05) is 11.1 Å². The molecule has 0 saturated carbocycles. The van der Waals surface area contributed by atoms with Crippen molar-refractivity contribution in [2.75, 3.05) is 0 Å². The molecular formula is C21H20N2O2. The van der Waals surface area contributed by atoms with E-state index in [1.165, 1.54) is 4.57 Å². The third-order valence-corrected chi connectivity index (χ3v) is 3.82. The maximum absolute atomic E-state index is 12.6. The van der Waals surface area contributed by atoms with Gasteiger partial charge in [-0.25, -0.2) is 9.36 Å². The summed E-state index contributed by atoms with van der Waals surface area (Å²) < 4.78 is 7.01. The second kappa shape index (κ2) is 6.45. The molecule has 0 bridgehead atoms. The number of hydrogen-bond acceptors (Lipinski definition) is 3. The number of aromatic nitrogens is 1. The van der Waals surface area contributed by atoms with Crippen molar-refractivity contribution in [1.29, 1.82) is 5.26 Å². The molecule has 0 radical (unpaired) electrons. The number of hydrogen-bond donors (Lipinski definition) is 0. The molecule has 4 nitrogen and oxygen atoms in total. The molecule has 4 heteroatoms. The van der Waals surface area contributed by atoms with Crippen LogP contribution in [0.4, 0.5) is 4.79 Å². The van der Waals surface area contributed by atoms with E-state index in [4.69, 9.17) is 10.00 Å². The maximum Gasteiger partial charge on any atom is 0.419 e. The van der Waals surface area contributed by atoms with Gasteiger partial charge in [-0.15, -0.1) is 0 Å². The van der Waals surface area contributed by atoms with E-state index < -0.39 is 11.7 Å². The van der Waals surface area contributed by atoms with Crippen molar-refractivity contribution in [2.45, 2.75) is 32.8 Å². The highest BCUT2D eigenvalue weighted by atomic mass is 16.6. The van der Waals surface area contributed by atoms with E-state index in [2.05, 4.69) is 6.07 Å². The molecule has 0 N–H and O–H groups in total. The van der Waals surface area contributed by atoms with Crippen LogP contribution in [0, 0.1) is 11.3 Å². The molecule has 0 aliphatic rings. The third-order valence-electron chi connectivity index (χ3n) is 3.82. The highest BCUT2D eigenvalue weighted by Gasteiger charge is 2.22. The molecule has 0 aliphatic heterocycles. The van der Waals surface area contributed by atoms with Crippen LogP contribution >= 0.6 is 0 Å². The number of fused-ring (bicyclic) bond motifs is 1. The second-order valence-electron chi connectivity index (χ2n) is 6.93. The molecule has 1 heterocycles. The zero-order valence-corrected chi connectivity index (χ0v) is 14.6. The molecule has 0 aliphatic carbocycles. The lowest BCUT2D eigenvalue weighted by atomic mass is 10.0. The standard InChI is InChI=1S/C21H20N2O2/c1-21(2,3)25-20(24)23-18(11-12-22)14-17-13-16(9-10-19(17)23)15-7-5-4-6-8-15/h4-10,13-14H,11H2,1-3H3. The molecule has 126 valence electrons. The van der Waals surface area contributed by atoms with Crippen molar-refractivity contribution in [3.63, 3.8) is 0 Å². The normalized spacial score (nSPS) is 11.3. The van der Waals surface area contributed by atoms with Crippen molar-refractivity contribution in [2.24, 2.45) is 0 Å². The van der Waals surface area contributed by atoms with Crippen molar-refractivity contribution in [3.05, 3.63) is 60.3 Å². The van der Waals surface area contributed by atoms with Gasteiger partial charge in [0.2, 0.25) is 0 Å². The Morgan fingerprint density at radius 1 is 1.08 bits per heavy atom. The van der Waals surface area contributed by atoms with E-state index in [0.29, 0.717) is 5.69 Å². The predicted molar refractivity (Wildman–Crippen MR) is 98.3 cm³/mol. The second-order valence-corrected chi connectivity index (χ2v) is 6.93. The number of nitrogens with zero attached hydrogens (tertiary/aromatic N) is 2. The Kier molecular flexibility index (Phi) is 4.33. The van der Waals surface area contributed by atoms with Crippen LogP contribution in [0.1, 0.15) is 26.5 Å². The summed E-state index contributed by atoms with van der Waals surface area (Å²) in [5, 5.41) is 10.0. The molecule has 25 heavy (non-hydrogen) atoms. The maximum atomic E-state index is 12.6. The molecule has 0 amide bonds. The van der Waals surface area contributed by atoms with Crippen molar-refractivity contribution >= 4 is 17.0 Å². The first-order valence-electron chi connectivity index (χ1n) is 8.19. The summed E-state index contributed by atoms with van der Waals surface area (Å²) in [5.74, 6) is 0. The number of ether oxygens (including phenoxy) is 1. The van der Waals surface area contributed by atoms with Gasteiger partial charge < -0.3 is 4.74 Å². The van der Waals surface area contributed by atoms with Gasteiger partial charge in [-0.1, -0.05) is 36.4 Å². The minimum absolute atomic E-state index is 0.147. The SMILES string of the molecule is CC(C)(C)OC(=O)n1c(CC#N)cc2cc(-c3ccccc3)ccc21. The van der Waals surface area contributed by atoms with Crippen LogP contribution in [-0.4, -0.2) is 16.3 Å². The van der Waals surface area contributed by atoms with E-state index in [0.717, 1.165) is 22.0 Å². The fraction of sp³-hybridized carbons (Fsp3) is 0.238. The lowest BCUT2D eigenvalue weighted by molar-refractivity contribution is 0.0541. The van der Waals surface area contributed by atoms with Gasteiger partial charge in [-0.3, -0.25) is 0 Å². The fourth-order valence-electron chi connectivity index (χ4n) is 2.82. The van der Waals surface area contributed by atoms with Gasteiger partial charge in [0.05, 0.1) is 18.0 Å². The van der Waals surface area contributed by atoms with Crippen LogP contribution in [0.2, 0.25) is 0 Å². The molecule has 0 fully saturated rings. The average molecular weight is 332 g/mol. The smallest absolute Gasteiger partial charge is 0.419 e. The van der Waals surface area contributed by atoms with Crippen LogP contribution < -0.4 is 0 Å². The summed E-state index contributed by atoms with van der Waals surface area (Å²) in [7, 11) is 0. The Morgan fingerprint density at radius 3 is 2.44 bits per heavy atom. The molecule has 3 aromatic rings. The highest BCUT2D eigenvalue weighted by Crippen LogP contribution is 2.28. The molecule has 0 saturated heterocycles. The molecule has 1 aromatic heterocycles. The van der Waals surface area contributed by atoms with E-state index in [1.54, 1.807) is 0 Å². The van der Waals surface area contributed by atoms with E-state index in [1.807, 2.05) is 75.4 Å². The summed E-state index contributed by atoms with van der Waals surface area (Å²) in [6, 6.07) is 20.0. The Balaban J connectivity index is 2.11. The fourth-order valence-corrected chi connectivity index (χ4v) is 2.82. The minimum atomic E-state index is -0.596. The zero-order valence-electron chi connectivity index (χ0n) is 14.6. The van der Waals surface area contributed by atoms with Crippen LogP contribution in [0.3, 0.4) is 0 Å².